The van der Waals surface area contributed by atoms with E-state index in [0.717, 1.165) is 23.7 Å². The Morgan fingerprint density at radius 1 is 1.12 bits per heavy atom. The smallest absolute Gasteiger partial charge is 0.307 e. The van der Waals surface area contributed by atoms with Crippen LogP contribution in [0.15, 0.2) is 20.1 Å². The van der Waals surface area contributed by atoms with E-state index < -0.39 is 5.69 Å². The number of aromatic amines is 2. The lowest BCUT2D eigenvalue weighted by atomic mass is 10.2. The second kappa shape index (κ2) is 4.65. The fourth-order valence-electron chi connectivity index (χ4n) is 1.62. The summed E-state index contributed by atoms with van der Waals surface area (Å²) in [6.45, 7) is 0. The molecule has 0 spiro atoms. The Balaban J connectivity index is 2.87. The largest absolute Gasteiger partial charge is 0.326 e. The predicted octanol–water partition coefficient (Wildman–Crippen LogP) is 0.0869. The third-order valence-electron chi connectivity index (χ3n) is 2.39. The number of aromatic nitrogens is 2. The molecule has 0 bridgehead atoms. The van der Waals surface area contributed by atoms with Crippen molar-refractivity contribution in [3.63, 3.8) is 0 Å². The fourth-order valence-corrected chi connectivity index (χ4v) is 2.08. The van der Waals surface area contributed by atoms with Crippen LogP contribution in [0.1, 0.15) is 19.3 Å². The Kier molecular flexibility index (Phi) is 3.24. The molecule has 0 amide bonds. The van der Waals surface area contributed by atoms with E-state index in [1.807, 2.05) is 12.2 Å². The third-order valence-corrected chi connectivity index (χ3v) is 2.94. The van der Waals surface area contributed by atoms with Crippen molar-refractivity contribution in [2.45, 2.75) is 19.3 Å². The first-order valence-corrected chi connectivity index (χ1v) is 5.86. The number of hydrogen-bond donors (Lipinski definition) is 2. The van der Waals surface area contributed by atoms with Crippen molar-refractivity contribution in [1.82, 2.24) is 9.97 Å². The molecule has 2 rings (SSSR count). The van der Waals surface area contributed by atoms with Crippen molar-refractivity contribution < 1.29 is 0 Å². The van der Waals surface area contributed by atoms with Crippen LogP contribution in [0.4, 0.5) is 0 Å². The van der Waals surface area contributed by atoms with Gasteiger partial charge >= 0.3 is 5.69 Å². The van der Waals surface area contributed by atoms with Gasteiger partial charge in [0.1, 0.15) is 0 Å². The molecule has 0 unspecified atom stereocenters. The molecule has 84 valence electrons. The lowest BCUT2D eigenvalue weighted by molar-refractivity contribution is 0.886. The molecule has 1 aromatic heterocycles. The van der Waals surface area contributed by atoms with E-state index >= 15 is 0 Å². The van der Waals surface area contributed by atoms with Gasteiger partial charge in [0.05, 0.1) is 10.6 Å². The van der Waals surface area contributed by atoms with Crippen LogP contribution >= 0.6 is 15.9 Å². The molecule has 0 aliphatic heterocycles. The van der Waals surface area contributed by atoms with Crippen molar-refractivity contribution in [1.29, 1.82) is 0 Å². The molecular formula is C11H11BrN2O2. The lowest BCUT2D eigenvalue weighted by Gasteiger charge is -1.90. The molecule has 1 aliphatic rings. The topological polar surface area (TPSA) is 65.7 Å². The summed E-state index contributed by atoms with van der Waals surface area (Å²) >= 11 is 3.38. The standard InChI is InChI=1S/C11H11BrN2O2/c12-7-4-2-1-3-5-9-8(6-7)10(15)14-11(16)13-9/h4-6H,1-3H2,(H2,13,14,15,16)/b7-4+,8-6+,9-5-. The van der Waals surface area contributed by atoms with Gasteiger partial charge < -0.3 is 4.98 Å². The van der Waals surface area contributed by atoms with Gasteiger partial charge in [-0.15, -0.1) is 0 Å². The van der Waals surface area contributed by atoms with E-state index in [4.69, 9.17) is 0 Å². The minimum atomic E-state index is -0.465. The van der Waals surface area contributed by atoms with Crippen LogP contribution in [0.25, 0.3) is 12.2 Å². The predicted molar refractivity (Wildman–Crippen MR) is 66.7 cm³/mol. The summed E-state index contributed by atoms with van der Waals surface area (Å²) in [7, 11) is 0. The number of fused-ring (bicyclic) bond motifs is 1. The zero-order valence-electron chi connectivity index (χ0n) is 8.55. The molecule has 4 nitrogen and oxygen atoms in total. The summed E-state index contributed by atoms with van der Waals surface area (Å²) in [5, 5.41) is 1.09. The summed E-state index contributed by atoms with van der Waals surface area (Å²) in [4.78, 5) is 27.6. The van der Waals surface area contributed by atoms with Crippen LogP contribution in [-0.2, 0) is 0 Å². The molecule has 1 heterocycles. The van der Waals surface area contributed by atoms with E-state index in [-0.39, 0.29) is 5.56 Å². The number of allylic oxidation sites excluding steroid dienone is 2. The number of H-pyrrole nitrogens is 2. The van der Waals surface area contributed by atoms with E-state index in [2.05, 4.69) is 25.9 Å². The van der Waals surface area contributed by atoms with Gasteiger partial charge in [-0.1, -0.05) is 28.1 Å². The number of halogens is 1. The average Bonchev–Trinajstić information content (AvgIpc) is 2.29. The van der Waals surface area contributed by atoms with Gasteiger partial charge in [-0.25, -0.2) is 4.79 Å². The Morgan fingerprint density at radius 3 is 2.69 bits per heavy atom. The van der Waals surface area contributed by atoms with Crippen molar-refractivity contribution >= 4 is 28.1 Å². The second-order valence-electron chi connectivity index (χ2n) is 3.60. The van der Waals surface area contributed by atoms with Gasteiger partial charge in [-0.2, -0.15) is 0 Å². The van der Waals surface area contributed by atoms with Crippen molar-refractivity contribution in [3.05, 3.63) is 42.0 Å². The van der Waals surface area contributed by atoms with E-state index in [1.165, 1.54) is 0 Å². The first-order chi connectivity index (χ1) is 7.66. The second-order valence-corrected chi connectivity index (χ2v) is 4.52. The first kappa shape index (κ1) is 11.1. The Bertz CT molecular complexity index is 652. The van der Waals surface area contributed by atoms with Gasteiger partial charge in [0.2, 0.25) is 0 Å². The summed E-state index contributed by atoms with van der Waals surface area (Å²) in [6, 6.07) is 0. The van der Waals surface area contributed by atoms with Gasteiger partial charge in [-0.3, -0.25) is 9.78 Å². The van der Waals surface area contributed by atoms with Crippen molar-refractivity contribution in [3.8, 4) is 0 Å². The molecule has 2 N–H and O–H groups in total. The van der Waals surface area contributed by atoms with E-state index in [1.54, 1.807) is 6.08 Å². The summed E-state index contributed by atoms with van der Waals surface area (Å²) in [5.41, 5.74) is -0.824. The highest BCUT2D eigenvalue weighted by atomic mass is 79.9. The SMILES string of the molecule is O=c1[nH]c(=O)c2/c([nH]1)=C/CCC/C=C(Br)\C=2. The molecule has 5 heteroatoms. The first-order valence-electron chi connectivity index (χ1n) is 5.07. The van der Waals surface area contributed by atoms with E-state index in [9.17, 15) is 9.59 Å². The minimum Gasteiger partial charge on any atom is -0.307 e. The molecule has 1 aromatic rings. The highest BCUT2D eigenvalue weighted by Crippen LogP contribution is 2.10. The minimum absolute atomic E-state index is 0.359. The molecule has 0 saturated carbocycles. The number of hydrogen-bond acceptors (Lipinski definition) is 2. The normalized spacial score (nSPS) is 23.2. The summed E-state index contributed by atoms with van der Waals surface area (Å²) in [5.74, 6) is 0. The molecular weight excluding hydrogens is 272 g/mol. The van der Waals surface area contributed by atoms with Crippen LogP contribution in [-0.4, -0.2) is 9.97 Å². The molecule has 0 saturated heterocycles. The lowest BCUT2D eigenvalue weighted by Crippen LogP contribution is -2.48. The van der Waals surface area contributed by atoms with Gasteiger partial charge in [0.15, 0.2) is 0 Å². The van der Waals surface area contributed by atoms with Crippen molar-refractivity contribution in [2.24, 2.45) is 0 Å². The van der Waals surface area contributed by atoms with Crippen LogP contribution < -0.4 is 21.8 Å². The number of nitrogens with one attached hydrogen (secondary N) is 2. The maximum Gasteiger partial charge on any atom is 0.326 e. The Morgan fingerprint density at radius 2 is 1.88 bits per heavy atom. The van der Waals surface area contributed by atoms with Crippen molar-refractivity contribution in [2.75, 3.05) is 0 Å². The Hall–Kier alpha value is -1.36. The number of rotatable bonds is 0. The molecule has 0 aromatic carbocycles. The fraction of sp³-hybridized carbons (Fsp3) is 0.273. The maximum absolute atomic E-state index is 11.6. The highest BCUT2D eigenvalue weighted by molar-refractivity contribution is 9.12. The van der Waals surface area contributed by atoms with Crippen LogP contribution in [0.3, 0.4) is 0 Å². The monoisotopic (exact) mass is 282 g/mol. The molecule has 0 radical (unpaired) electrons. The summed E-state index contributed by atoms with van der Waals surface area (Å²) in [6.07, 6.45) is 8.43. The zero-order chi connectivity index (χ0) is 11.5. The van der Waals surface area contributed by atoms with Gasteiger partial charge in [0.25, 0.3) is 5.56 Å². The van der Waals surface area contributed by atoms with Gasteiger partial charge in [0, 0.05) is 4.48 Å². The zero-order valence-corrected chi connectivity index (χ0v) is 10.1. The molecule has 0 atom stereocenters. The molecule has 0 fully saturated rings. The van der Waals surface area contributed by atoms with Crippen LogP contribution in [0, 0.1) is 0 Å². The van der Waals surface area contributed by atoms with Gasteiger partial charge in [-0.05, 0) is 25.3 Å². The Labute approximate surface area is 99.5 Å². The molecule has 1 aliphatic carbocycles. The quantitative estimate of drug-likeness (QED) is 0.708. The molecule has 16 heavy (non-hydrogen) atoms. The van der Waals surface area contributed by atoms with Crippen LogP contribution in [0.5, 0.6) is 0 Å². The highest BCUT2D eigenvalue weighted by Gasteiger charge is 1.98. The summed E-state index contributed by atoms with van der Waals surface area (Å²) < 4.78 is 0.863. The third kappa shape index (κ3) is 2.41. The average molecular weight is 283 g/mol. The maximum atomic E-state index is 11.6. The van der Waals surface area contributed by atoms with E-state index in [0.29, 0.717) is 10.6 Å². The van der Waals surface area contributed by atoms with Crippen LogP contribution in [0.2, 0.25) is 0 Å².